The van der Waals surface area contributed by atoms with E-state index in [9.17, 15) is 13.2 Å². The van der Waals surface area contributed by atoms with Gasteiger partial charge < -0.3 is 14.7 Å². The Labute approximate surface area is 231 Å². The molecule has 0 spiro atoms. The number of alkyl halides is 3. The smallest absolute Gasteiger partial charge is 0.353 e. The summed E-state index contributed by atoms with van der Waals surface area (Å²) in [6, 6.07) is 10.3. The lowest BCUT2D eigenvalue weighted by molar-refractivity contribution is -0.137. The van der Waals surface area contributed by atoms with Gasteiger partial charge >= 0.3 is 6.18 Å². The van der Waals surface area contributed by atoms with E-state index in [1.165, 1.54) is 37.9 Å². The number of benzene rings is 1. The molecule has 2 aliphatic heterocycles. The van der Waals surface area contributed by atoms with Crippen LogP contribution >= 0.6 is 11.6 Å². The molecule has 2 atom stereocenters. The highest BCUT2D eigenvalue weighted by atomic mass is 35.5. The Morgan fingerprint density at radius 3 is 2.33 bits per heavy atom. The number of fused-ring (bicyclic) bond motifs is 1. The molecule has 1 aromatic carbocycles. The third-order valence-electron chi connectivity index (χ3n) is 8.15. The summed E-state index contributed by atoms with van der Waals surface area (Å²) in [6.45, 7) is 2.61. The van der Waals surface area contributed by atoms with Gasteiger partial charge in [-0.15, -0.1) is 0 Å². The third-order valence-corrected chi connectivity index (χ3v) is 8.38. The lowest BCUT2D eigenvalue weighted by Gasteiger charge is -2.44. The van der Waals surface area contributed by atoms with Crippen LogP contribution in [-0.2, 0) is 6.18 Å². The normalized spacial score (nSPS) is 22.1. The first-order valence-corrected chi connectivity index (χ1v) is 14.1. The van der Waals surface area contributed by atoms with Gasteiger partial charge in [-0.05, 0) is 55.9 Å². The van der Waals surface area contributed by atoms with Crippen molar-refractivity contribution in [3.8, 4) is 11.4 Å². The summed E-state index contributed by atoms with van der Waals surface area (Å²) >= 11 is 6.30. The number of piperidine rings is 1. The maximum absolute atomic E-state index is 13.6. The fourth-order valence-electron chi connectivity index (χ4n) is 6.24. The molecule has 3 aromatic rings. The number of hydrogen-bond donors (Lipinski definition) is 0. The average molecular weight is 558 g/mol. The van der Waals surface area contributed by atoms with Crippen molar-refractivity contribution in [2.75, 3.05) is 47.4 Å². The first-order chi connectivity index (χ1) is 18.9. The van der Waals surface area contributed by atoms with Crippen molar-refractivity contribution < 1.29 is 13.2 Å². The molecule has 6 rings (SSSR count). The second kappa shape index (κ2) is 10.8. The van der Waals surface area contributed by atoms with E-state index in [0.717, 1.165) is 31.0 Å². The number of nitrogens with zero attached hydrogens (tertiary/aromatic N) is 7. The molecule has 0 amide bonds. The van der Waals surface area contributed by atoms with Crippen molar-refractivity contribution >= 4 is 29.3 Å². The summed E-state index contributed by atoms with van der Waals surface area (Å²) in [5.41, 5.74) is 0.0998. The molecule has 4 heterocycles. The third kappa shape index (κ3) is 5.48. The van der Waals surface area contributed by atoms with Crippen LogP contribution in [0, 0.1) is 5.92 Å². The number of halogens is 4. The van der Waals surface area contributed by atoms with Gasteiger partial charge in [0.25, 0.3) is 0 Å². The number of rotatable bonds is 4. The fourth-order valence-corrected chi connectivity index (χ4v) is 6.43. The molecule has 2 aromatic heterocycles. The molecule has 0 radical (unpaired) electrons. The second-order valence-corrected chi connectivity index (χ2v) is 11.0. The maximum atomic E-state index is 13.6. The van der Waals surface area contributed by atoms with Crippen molar-refractivity contribution in [3.05, 3.63) is 53.2 Å². The van der Waals surface area contributed by atoms with Gasteiger partial charge in [0.1, 0.15) is 5.82 Å². The summed E-state index contributed by atoms with van der Waals surface area (Å²) < 4.78 is 40.8. The van der Waals surface area contributed by atoms with E-state index < -0.39 is 11.7 Å². The molecule has 3 aliphatic rings. The Hall–Kier alpha value is -3.14. The predicted octanol–water partition coefficient (Wildman–Crippen LogP) is 6.09. The summed E-state index contributed by atoms with van der Waals surface area (Å²) in [7, 11) is 0. The van der Waals surface area contributed by atoms with Gasteiger partial charge in [-0.3, -0.25) is 0 Å². The molecule has 11 heteroatoms. The minimum Gasteiger partial charge on any atom is -0.353 e. The van der Waals surface area contributed by atoms with Crippen LogP contribution in [0.4, 0.5) is 30.9 Å². The first kappa shape index (κ1) is 26.1. The lowest BCUT2D eigenvalue weighted by atomic mass is 9.78. The van der Waals surface area contributed by atoms with Crippen LogP contribution in [0.1, 0.15) is 44.1 Å². The summed E-state index contributed by atoms with van der Waals surface area (Å²) in [5.74, 6) is 2.41. The fraction of sp³-hybridized carbons (Fsp3) is 0.500. The Morgan fingerprint density at radius 1 is 0.795 bits per heavy atom. The van der Waals surface area contributed by atoms with Gasteiger partial charge in [0.2, 0.25) is 11.9 Å². The van der Waals surface area contributed by atoms with Crippen LogP contribution in [0.3, 0.4) is 0 Å². The molecule has 39 heavy (non-hydrogen) atoms. The summed E-state index contributed by atoms with van der Waals surface area (Å²) in [4.78, 5) is 24.9. The highest BCUT2D eigenvalue weighted by Gasteiger charge is 2.37. The molecule has 0 N–H and O–H groups in total. The molecule has 1 unspecified atom stereocenters. The highest BCUT2D eigenvalue weighted by Crippen LogP contribution is 2.38. The van der Waals surface area contributed by atoms with Crippen LogP contribution < -0.4 is 14.7 Å². The number of piperazine rings is 1. The zero-order chi connectivity index (χ0) is 27.0. The molecular weight excluding hydrogens is 527 g/mol. The molecule has 0 bridgehead atoms. The molecular formula is C28H31ClF3N7. The van der Waals surface area contributed by atoms with Gasteiger partial charge in [0.05, 0.1) is 5.56 Å². The van der Waals surface area contributed by atoms with Crippen molar-refractivity contribution in [2.45, 2.75) is 50.7 Å². The standard InChI is InChI=1S/C28H31ClF3N7/c29-21-9-3-7-20(18-21)24-34-26(36-27(35-24)39-13-5-8-19-6-1-2-11-23(19)39)38-16-14-37(15-17-38)25-22(28(30,31)32)10-4-12-33-25/h3-4,7,9-10,12,18-19,23H,1-2,5-6,8,11,13-17H2/t19-,23?/m0/s1. The minimum atomic E-state index is -4.46. The average Bonchev–Trinajstić information content (AvgIpc) is 2.96. The number of anilines is 3. The summed E-state index contributed by atoms with van der Waals surface area (Å²) in [6.07, 6.45) is 4.19. The Balaban J connectivity index is 1.30. The first-order valence-electron chi connectivity index (χ1n) is 13.7. The zero-order valence-electron chi connectivity index (χ0n) is 21.6. The van der Waals surface area contributed by atoms with Crippen LogP contribution in [0.2, 0.25) is 5.02 Å². The lowest BCUT2D eigenvalue weighted by Crippen LogP contribution is -2.49. The van der Waals surface area contributed by atoms with E-state index in [4.69, 9.17) is 26.6 Å². The van der Waals surface area contributed by atoms with Gasteiger partial charge in [-0.1, -0.05) is 36.6 Å². The monoisotopic (exact) mass is 557 g/mol. The van der Waals surface area contributed by atoms with E-state index in [-0.39, 0.29) is 5.82 Å². The molecule has 1 saturated carbocycles. The van der Waals surface area contributed by atoms with Gasteiger partial charge in [-0.25, -0.2) is 4.98 Å². The Kier molecular flexibility index (Phi) is 7.22. The molecule has 1 aliphatic carbocycles. The van der Waals surface area contributed by atoms with E-state index in [1.54, 1.807) is 4.90 Å². The highest BCUT2D eigenvalue weighted by molar-refractivity contribution is 6.30. The summed E-state index contributed by atoms with van der Waals surface area (Å²) in [5, 5.41) is 0.603. The predicted molar refractivity (Wildman–Crippen MR) is 146 cm³/mol. The van der Waals surface area contributed by atoms with Crippen molar-refractivity contribution in [3.63, 3.8) is 0 Å². The largest absolute Gasteiger partial charge is 0.419 e. The van der Waals surface area contributed by atoms with Crippen LogP contribution in [0.5, 0.6) is 0 Å². The van der Waals surface area contributed by atoms with E-state index in [1.807, 2.05) is 29.2 Å². The van der Waals surface area contributed by atoms with Crippen LogP contribution in [0.25, 0.3) is 11.4 Å². The number of aromatic nitrogens is 4. The number of hydrogen-bond acceptors (Lipinski definition) is 7. The van der Waals surface area contributed by atoms with E-state index in [2.05, 4.69) is 9.88 Å². The van der Waals surface area contributed by atoms with Crippen LogP contribution in [-0.4, -0.2) is 58.7 Å². The van der Waals surface area contributed by atoms with Crippen molar-refractivity contribution in [1.82, 2.24) is 19.9 Å². The zero-order valence-corrected chi connectivity index (χ0v) is 22.4. The van der Waals surface area contributed by atoms with E-state index in [0.29, 0.717) is 60.9 Å². The SMILES string of the molecule is FC(F)(F)c1cccnc1N1CCN(c2nc(-c3cccc(Cl)c3)nc(N3CCC[C@@H]4CCCCC43)n2)CC1. The minimum absolute atomic E-state index is 0.0303. The van der Waals surface area contributed by atoms with Crippen molar-refractivity contribution in [2.24, 2.45) is 5.92 Å². The topological polar surface area (TPSA) is 61.3 Å². The molecule has 7 nitrogen and oxygen atoms in total. The Morgan fingerprint density at radius 2 is 1.54 bits per heavy atom. The quantitative estimate of drug-likeness (QED) is 0.384. The second-order valence-electron chi connectivity index (χ2n) is 10.6. The van der Waals surface area contributed by atoms with Crippen molar-refractivity contribution in [1.29, 1.82) is 0 Å². The Bertz CT molecular complexity index is 1310. The number of pyridine rings is 1. The molecule has 206 valence electrons. The van der Waals surface area contributed by atoms with Crippen LogP contribution in [0.15, 0.2) is 42.6 Å². The molecule has 3 fully saturated rings. The van der Waals surface area contributed by atoms with Gasteiger partial charge in [-0.2, -0.15) is 28.1 Å². The van der Waals surface area contributed by atoms with Gasteiger partial charge in [0, 0.05) is 55.5 Å². The van der Waals surface area contributed by atoms with Gasteiger partial charge in [0.15, 0.2) is 5.82 Å². The maximum Gasteiger partial charge on any atom is 0.419 e. The van der Waals surface area contributed by atoms with E-state index >= 15 is 0 Å². The molecule has 2 saturated heterocycles.